The van der Waals surface area contributed by atoms with Crippen LogP contribution in [0, 0.1) is 0 Å². The molecule has 3 nitrogen and oxygen atoms in total. The number of benzene rings is 1. The number of amides is 1. The molecule has 1 aliphatic carbocycles. The van der Waals surface area contributed by atoms with E-state index in [2.05, 4.69) is 18.2 Å². The number of nitrogens with zero attached hydrogens (tertiary/aromatic N) is 1. The number of hydrogen-bond acceptors (Lipinski definition) is 2. The molecule has 1 fully saturated rings. The zero-order chi connectivity index (χ0) is 14.8. The van der Waals surface area contributed by atoms with E-state index in [1.807, 2.05) is 11.0 Å². The SMILES string of the molecule is CC(=O)CC1CCCN1C(=O)C1CCCc2ccccc21. The summed E-state index contributed by atoms with van der Waals surface area (Å²) in [6, 6.07) is 8.46. The molecule has 1 aromatic carbocycles. The van der Waals surface area contributed by atoms with Crippen molar-refractivity contribution < 1.29 is 9.59 Å². The van der Waals surface area contributed by atoms with Gasteiger partial charge in [0, 0.05) is 19.0 Å². The van der Waals surface area contributed by atoms with Gasteiger partial charge in [-0.1, -0.05) is 24.3 Å². The smallest absolute Gasteiger partial charge is 0.230 e. The molecule has 1 saturated heterocycles. The fourth-order valence-corrected chi connectivity index (χ4v) is 3.88. The Morgan fingerprint density at radius 3 is 2.81 bits per heavy atom. The van der Waals surface area contributed by atoms with Crippen molar-refractivity contribution in [3.05, 3.63) is 35.4 Å². The number of hydrogen-bond donors (Lipinski definition) is 0. The highest BCUT2D eigenvalue weighted by Crippen LogP contribution is 2.35. The van der Waals surface area contributed by atoms with Gasteiger partial charge in [0.1, 0.15) is 5.78 Å². The lowest BCUT2D eigenvalue weighted by Gasteiger charge is -2.31. The molecular formula is C18H23NO2. The summed E-state index contributed by atoms with van der Waals surface area (Å²) < 4.78 is 0. The zero-order valence-corrected chi connectivity index (χ0v) is 12.7. The lowest BCUT2D eigenvalue weighted by molar-refractivity contribution is -0.134. The fraction of sp³-hybridized carbons (Fsp3) is 0.556. The summed E-state index contributed by atoms with van der Waals surface area (Å²) in [6.07, 6.45) is 5.62. The highest BCUT2D eigenvalue weighted by atomic mass is 16.2. The summed E-state index contributed by atoms with van der Waals surface area (Å²) in [5, 5.41) is 0. The van der Waals surface area contributed by atoms with Crippen molar-refractivity contribution >= 4 is 11.7 Å². The second-order valence-corrected chi connectivity index (χ2v) is 6.38. The van der Waals surface area contributed by atoms with Crippen molar-refractivity contribution in [2.45, 2.75) is 57.4 Å². The van der Waals surface area contributed by atoms with E-state index in [-0.39, 0.29) is 23.7 Å². The lowest BCUT2D eigenvalue weighted by atomic mass is 9.82. The molecule has 1 aromatic rings. The van der Waals surface area contributed by atoms with Gasteiger partial charge in [-0.15, -0.1) is 0 Å². The second kappa shape index (κ2) is 6.00. The normalized spacial score (nSPS) is 24.7. The first-order valence-corrected chi connectivity index (χ1v) is 8.04. The Balaban J connectivity index is 1.81. The molecule has 1 heterocycles. The Hall–Kier alpha value is -1.64. The molecule has 2 atom stereocenters. The van der Waals surface area contributed by atoms with Crippen LogP contribution in [0.3, 0.4) is 0 Å². The van der Waals surface area contributed by atoms with Gasteiger partial charge in [0.05, 0.1) is 5.92 Å². The molecule has 112 valence electrons. The monoisotopic (exact) mass is 285 g/mol. The van der Waals surface area contributed by atoms with E-state index >= 15 is 0 Å². The minimum Gasteiger partial charge on any atom is -0.339 e. The Bertz CT molecular complexity index is 552. The predicted octanol–water partition coefficient (Wildman–Crippen LogP) is 3.08. The van der Waals surface area contributed by atoms with Crippen molar-refractivity contribution in [1.82, 2.24) is 4.90 Å². The number of likely N-dealkylation sites (tertiary alicyclic amines) is 1. The topological polar surface area (TPSA) is 37.4 Å². The molecule has 0 bridgehead atoms. The third-order valence-electron chi connectivity index (χ3n) is 4.85. The molecule has 21 heavy (non-hydrogen) atoms. The lowest BCUT2D eigenvalue weighted by Crippen LogP contribution is -2.40. The van der Waals surface area contributed by atoms with E-state index in [1.165, 1.54) is 11.1 Å². The minimum atomic E-state index is 0.00232. The summed E-state index contributed by atoms with van der Waals surface area (Å²) in [4.78, 5) is 26.4. The van der Waals surface area contributed by atoms with Gasteiger partial charge in [-0.2, -0.15) is 0 Å². The van der Waals surface area contributed by atoms with Gasteiger partial charge in [0.2, 0.25) is 5.91 Å². The van der Waals surface area contributed by atoms with Crippen molar-refractivity contribution in [3.63, 3.8) is 0 Å². The Morgan fingerprint density at radius 1 is 1.19 bits per heavy atom. The van der Waals surface area contributed by atoms with Crippen LogP contribution in [-0.2, 0) is 16.0 Å². The van der Waals surface area contributed by atoms with Gasteiger partial charge < -0.3 is 4.90 Å². The van der Waals surface area contributed by atoms with E-state index < -0.39 is 0 Å². The standard InChI is InChI=1S/C18H23NO2/c1-13(20)12-15-8-5-11-19(15)18(21)17-10-4-7-14-6-2-3-9-16(14)17/h2-3,6,9,15,17H,4-5,7-8,10-12H2,1H3. The average molecular weight is 285 g/mol. The first-order chi connectivity index (χ1) is 10.2. The molecule has 3 rings (SSSR count). The Morgan fingerprint density at radius 2 is 2.00 bits per heavy atom. The molecule has 1 amide bonds. The van der Waals surface area contributed by atoms with Crippen molar-refractivity contribution in [3.8, 4) is 0 Å². The van der Waals surface area contributed by atoms with Crippen LogP contribution in [0.1, 0.15) is 56.1 Å². The van der Waals surface area contributed by atoms with E-state index in [0.29, 0.717) is 6.42 Å². The number of Topliss-reactive ketones (excluding diaryl/α,β-unsaturated/α-hetero) is 1. The molecule has 0 aromatic heterocycles. The fourth-order valence-electron chi connectivity index (χ4n) is 3.88. The Labute approximate surface area is 126 Å². The molecule has 0 radical (unpaired) electrons. The van der Waals surface area contributed by atoms with Gasteiger partial charge in [-0.25, -0.2) is 0 Å². The minimum absolute atomic E-state index is 0.00232. The van der Waals surface area contributed by atoms with Crippen LogP contribution in [0.15, 0.2) is 24.3 Å². The maximum Gasteiger partial charge on any atom is 0.230 e. The number of ketones is 1. The number of fused-ring (bicyclic) bond motifs is 1. The molecular weight excluding hydrogens is 262 g/mol. The highest BCUT2D eigenvalue weighted by Gasteiger charge is 2.35. The van der Waals surface area contributed by atoms with Crippen LogP contribution in [0.5, 0.6) is 0 Å². The summed E-state index contributed by atoms with van der Waals surface area (Å²) in [5.41, 5.74) is 2.53. The van der Waals surface area contributed by atoms with Gasteiger partial charge in [0.25, 0.3) is 0 Å². The van der Waals surface area contributed by atoms with Crippen LogP contribution in [0.25, 0.3) is 0 Å². The molecule has 3 heteroatoms. The average Bonchev–Trinajstić information content (AvgIpc) is 2.93. The zero-order valence-electron chi connectivity index (χ0n) is 12.7. The molecule has 0 spiro atoms. The van der Waals surface area contributed by atoms with Crippen LogP contribution in [-0.4, -0.2) is 29.2 Å². The third kappa shape index (κ3) is 2.87. The molecule has 1 aliphatic heterocycles. The number of aryl methyl sites for hydroxylation is 1. The Kier molecular flexibility index (Phi) is 4.09. The van der Waals surface area contributed by atoms with Gasteiger partial charge in [0.15, 0.2) is 0 Å². The first kappa shape index (κ1) is 14.3. The van der Waals surface area contributed by atoms with Gasteiger partial charge in [-0.05, 0) is 50.2 Å². The van der Waals surface area contributed by atoms with E-state index in [4.69, 9.17) is 0 Å². The van der Waals surface area contributed by atoms with E-state index in [0.717, 1.165) is 38.6 Å². The molecule has 0 N–H and O–H groups in total. The predicted molar refractivity (Wildman–Crippen MR) is 82.2 cm³/mol. The van der Waals surface area contributed by atoms with Crippen LogP contribution < -0.4 is 0 Å². The van der Waals surface area contributed by atoms with Crippen LogP contribution >= 0.6 is 0 Å². The number of carbonyl (C=O) groups is 2. The largest absolute Gasteiger partial charge is 0.339 e. The van der Waals surface area contributed by atoms with E-state index in [1.54, 1.807) is 6.92 Å². The summed E-state index contributed by atoms with van der Waals surface area (Å²) in [5.74, 6) is 0.428. The maximum absolute atomic E-state index is 13.0. The second-order valence-electron chi connectivity index (χ2n) is 6.38. The molecule has 2 unspecified atom stereocenters. The number of rotatable bonds is 3. The summed E-state index contributed by atoms with van der Waals surface area (Å²) >= 11 is 0. The van der Waals surface area contributed by atoms with Gasteiger partial charge >= 0.3 is 0 Å². The van der Waals surface area contributed by atoms with Crippen LogP contribution in [0.2, 0.25) is 0 Å². The van der Waals surface area contributed by atoms with Crippen LogP contribution in [0.4, 0.5) is 0 Å². The van der Waals surface area contributed by atoms with Crippen molar-refractivity contribution in [2.75, 3.05) is 6.54 Å². The van der Waals surface area contributed by atoms with E-state index in [9.17, 15) is 9.59 Å². The molecule has 2 aliphatic rings. The van der Waals surface area contributed by atoms with Crippen molar-refractivity contribution in [1.29, 1.82) is 0 Å². The third-order valence-corrected chi connectivity index (χ3v) is 4.85. The maximum atomic E-state index is 13.0. The molecule has 0 saturated carbocycles. The summed E-state index contributed by atoms with van der Waals surface area (Å²) in [7, 11) is 0. The highest BCUT2D eigenvalue weighted by molar-refractivity contribution is 5.86. The first-order valence-electron chi connectivity index (χ1n) is 8.04. The van der Waals surface area contributed by atoms with Gasteiger partial charge in [-0.3, -0.25) is 9.59 Å². The number of carbonyl (C=O) groups excluding carboxylic acids is 2. The summed E-state index contributed by atoms with van der Waals surface area (Å²) in [6.45, 7) is 2.44. The quantitative estimate of drug-likeness (QED) is 0.856. The van der Waals surface area contributed by atoms with Crippen molar-refractivity contribution in [2.24, 2.45) is 0 Å².